The number of rotatable bonds is 7. The predicted octanol–water partition coefficient (Wildman–Crippen LogP) is 3.41. The summed E-state index contributed by atoms with van der Waals surface area (Å²) in [5.41, 5.74) is 1.22. The Kier molecular flexibility index (Phi) is 6.66. The average Bonchev–Trinajstić information content (AvgIpc) is 3.08. The van der Waals surface area contributed by atoms with Crippen molar-refractivity contribution >= 4 is 33.4 Å². The molecule has 152 valence electrons. The summed E-state index contributed by atoms with van der Waals surface area (Å²) in [5, 5.41) is 0. The third-order valence-electron chi connectivity index (χ3n) is 4.26. The number of carbonyl (C=O) groups excluding carboxylic acids is 2. The fourth-order valence-electron chi connectivity index (χ4n) is 2.96. The van der Waals surface area contributed by atoms with Crippen LogP contribution in [0.15, 0.2) is 47.5 Å². The van der Waals surface area contributed by atoms with Gasteiger partial charge in [0.15, 0.2) is 16.3 Å². The molecule has 0 saturated carbocycles. The summed E-state index contributed by atoms with van der Waals surface area (Å²) in [6.45, 7) is 2.47. The third kappa shape index (κ3) is 4.48. The Morgan fingerprint density at radius 2 is 1.86 bits per heavy atom. The first-order chi connectivity index (χ1) is 14.1. The molecule has 1 aromatic heterocycles. The highest BCUT2D eigenvalue weighted by atomic mass is 32.1. The van der Waals surface area contributed by atoms with Crippen LogP contribution < -0.4 is 14.3 Å². The Morgan fingerprint density at radius 1 is 1.07 bits per heavy atom. The van der Waals surface area contributed by atoms with Gasteiger partial charge in [0.2, 0.25) is 0 Å². The molecule has 2 aromatic carbocycles. The smallest absolute Gasteiger partial charge is 0.307 e. The van der Waals surface area contributed by atoms with Gasteiger partial charge in [0.25, 0.3) is 5.91 Å². The van der Waals surface area contributed by atoms with Gasteiger partial charge < -0.3 is 18.8 Å². The number of fused-ring (bicyclic) bond motifs is 1. The summed E-state index contributed by atoms with van der Waals surface area (Å²) in [4.78, 5) is 29.6. The van der Waals surface area contributed by atoms with Crippen LogP contribution in [0.5, 0.6) is 11.5 Å². The van der Waals surface area contributed by atoms with Crippen LogP contribution in [0.1, 0.15) is 23.7 Å². The van der Waals surface area contributed by atoms with Crippen LogP contribution in [0.3, 0.4) is 0 Å². The number of thiazole rings is 1. The molecule has 0 spiro atoms. The standard InChI is InChI=1S/C21H22N2O5S/c1-4-28-18(24)12-13-23-15-9-5-6-11-17(15)29-21(23)22-20(25)14-8-7-10-16(26-2)19(14)27-3/h5-11H,4,12-13H2,1-3H3. The number of carbonyl (C=O) groups is 2. The number of amides is 1. The molecular formula is C21H22N2O5S. The second-order valence-electron chi connectivity index (χ2n) is 6.02. The van der Waals surface area contributed by atoms with Gasteiger partial charge in [0, 0.05) is 6.54 Å². The largest absolute Gasteiger partial charge is 0.493 e. The Balaban J connectivity index is 2.05. The number of nitrogens with zero attached hydrogens (tertiary/aromatic N) is 2. The van der Waals surface area contributed by atoms with Crippen LogP contribution >= 0.6 is 11.3 Å². The molecule has 0 fully saturated rings. The fourth-order valence-corrected chi connectivity index (χ4v) is 4.02. The molecule has 3 aromatic rings. The maximum Gasteiger partial charge on any atom is 0.307 e. The van der Waals surface area contributed by atoms with E-state index in [9.17, 15) is 9.59 Å². The monoisotopic (exact) mass is 414 g/mol. The van der Waals surface area contributed by atoms with Gasteiger partial charge >= 0.3 is 5.97 Å². The van der Waals surface area contributed by atoms with E-state index in [0.29, 0.717) is 35.0 Å². The van der Waals surface area contributed by atoms with E-state index < -0.39 is 5.91 Å². The molecule has 7 nitrogen and oxygen atoms in total. The van der Waals surface area contributed by atoms with Crippen molar-refractivity contribution in [2.24, 2.45) is 4.99 Å². The van der Waals surface area contributed by atoms with E-state index in [4.69, 9.17) is 14.2 Å². The minimum absolute atomic E-state index is 0.193. The van der Waals surface area contributed by atoms with Gasteiger partial charge in [0.05, 0.1) is 43.0 Å². The Morgan fingerprint density at radius 3 is 2.59 bits per heavy atom. The summed E-state index contributed by atoms with van der Waals surface area (Å²) in [6, 6.07) is 12.8. The minimum Gasteiger partial charge on any atom is -0.493 e. The Bertz CT molecular complexity index is 1100. The molecule has 8 heteroatoms. The summed E-state index contributed by atoms with van der Waals surface area (Å²) in [7, 11) is 2.99. The summed E-state index contributed by atoms with van der Waals surface area (Å²) in [6.07, 6.45) is 0.193. The minimum atomic E-state index is -0.447. The lowest BCUT2D eigenvalue weighted by molar-refractivity contribution is -0.143. The summed E-state index contributed by atoms with van der Waals surface area (Å²) < 4.78 is 18.5. The average molecular weight is 414 g/mol. The lowest BCUT2D eigenvalue weighted by Crippen LogP contribution is -2.19. The van der Waals surface area contributed by atoms with Crippen LogP contribution in [-0.2, 0) is 16.1 Å². The second-order valence-corrected chi connectivity index (χ2v) is 7.03. The van der Waals surface area contributed by atoms with Crippen molar-refractivity contribution in [3.63, 3.8) is 0 Å². The zero-order valence-corrected chi connectivity index (χ0v) is 17.3. The van der Waals surface area contributed by atoms with E-state index in [1.165, 1.54) is 25.6 Å². The van der Waals surface area contributed by atoms with Crippen molar-refractivity contribution in [3.8, 4) is 11.5 Å². The normalized spacial score (nSPS) is 11.5. The molecule has 1 amide bonds. The number of esters is 1. The van der Waals surface area contributed by atoms with Crippen LogP contribution in [0, 0.1) is 0 Å². The number of aryl methyl sites for hydroxylation is 1. The van der Waals surface area contributed by atoms with Crippen LogP contribution in [0.4, 0.5) is 0 Å². The Hall–Kier alpha value is -3.13. The van der Waals surface area contributed by atoms with Crippen molar-refractivity contribution < 1.29 is 23.8 Å². The second kappa shape index (κ2) is 9.38. The van der Waals surface area contributed by atoms with E-state index >= 15 is 0 Å². The molecule has 0 N–H and O–H groups in total. The molecule has 0 atom stereocenters. The fraction of sp³-hybridized carbons (Fsp3) is 0.286. The van der Waals surface area contributed by atoms with E-state index in [-0.39, 0.29) is 12.4 Å². The van der Waals surface area contributed by atoms with E-state index in [1.807, 2.05) is 28.8 Å². The SMILES string of the molecule is CCOC(=O)CCn1c(=NC(=O)c2cccc(OC)c2OC)sc2ccccc21. The van der Waals surface area contributed by atoms with Crippen molar-refractivity contribution in [1.82, 2.24) is 4.57 Å². The molecule has 0 aliphatic rings. The van der Waals surface area contributed by atoms with Crippen molar-refractivity contribution in [3.05, 3.63) is 52.8 Å². The molecule has 29 heavy (non-hydrogen) atoms. The third-order valence-corrected chi connectivity index (χ3v) is 5.32. The van der Waals surface area contributed by atoms with E-state index in [0.717, 1.165) is 10.2 Å². The van der Waals surface area contributed by atoms with Gasteiger partial charge in [0.1, 0.15) is 0 Å². The number of aromatic nitrogens is 1. The molecule has 0 aliphatic heterocycles. The van der Waals surface area contributed by atoms with Gasteiger partial charge in [-0.2, -0.15) is 4.99 Å². The number of para-hydroxylation sites is 2. The number of hydrogen-bond acceptors (Lipinski definition) is 6. The Labute approximate surface area is 172 Å². The van der Waals surface area contributed by atoms with Crippen molar-refractivity contribution in [1.29, 1.82) is 0 Å². The van der Waals surface area contributed by atoms with Crippen molar-refractivity contribution in [2.45, 2.75) is 19.9 Å². The van der Waals surface area contributed by atoms with Crippen LogP contribution in [0.2, 0.25) is 0 Å². The maximum atomic E-state index is 12.9. The lowest BCUT2D eigenvalue weighted by Gasteiger charge is -2.10. The lowest BCUT2D eigenvalue weighted by atomic mass is 10.2. The molecule has 3 rings (SSSR count). The van der Waals surface area contributed by atoms with Gasteiger partial charge in [-0.15, -0.1) is 0 Å². The summed E-state index contributed by atoms with van der Waals surface area (Å²) >= 11 is 1.39. The molecule has 0 aliphatic carbocycles. The number of methoxy groups -OCH3 is 2. The highest BCUT2D eigenvalue weighted by Crippen LogP contribution is 2.31. The molecule has 1 heterocycles. The number of benzene rings is 2. The van der Waals surface area contributed by atoms with E-state index in [2.05, 4.69) is 4.99 Å². The van der Waals surface area contributed by atoms with Gasteiger partial charge in [-0.25, -0.2) is 0 Å². The quantitative estimate of drug-likeness (QED) is 0.554. The molecule has 0 radical (unpaired) electrons. The maximum absolute atomic E-state index is 12.9. The van der Waals surface area contributed by atoms with Crippen molar-refractivity contribution in [2.75, 3.05) is 20.8 Å². The highest BCUT2D eigenvalue weighted by molar-refractivity contribution is 7.16. The topological polar surface area (TPSA) is 79.1 Å². The summed E-state index contributed by atoms with van der Waals surface area (Å²) in [5.74, 6) is 0.0576. The highest BCUT2D eigenvalue weighted by Gasteiger charge is 2.17. The first kappa shape index (κ1) is 20.6. The molecule has 0 unspecified atom stereocenters. The predicted molar refractivity (Wildman–Crippen MR) is 111 cm³/mol. The van der Waals surface area contributed by atoms with Gasteiger partial charge in [-0.05, 0) is 31.2 Å². The van der Waals surface area contributed by atoms with E-state index in [1.54, 1.807) is 25.1 Å². The van der Waals surface area contributed by atoms with Crippen LogP contribution in [-0.4, -0.2) is 37.3 Å². The zero-order chi connectivity index (χ0) is 20.8. The first-order valence-corrected chi connectivity index (χ1v) is 9.94. The molecular weight excluding hydrogens is 392 g/mol. The number of hydrogen-bond donors (Lipinski definition) is 0. The zero-order valence-electron chi connectivity index (χ0n) is 16.5. The molecule has 0 saturated heterocycles. The molecule has 0 bridgehead atoms. The van der Waals surface area contributed by atoms with Gasteiger partial charge in [-0.1, -0.05) is 29.5 Å². The first-order valence-electron chi connectivity index (χ1n) is 9.13. The number of ether oxygens (including phenoxy) is 3. The van der Waals surface area contributed by atoms with Gasteiger partial charge in [-0.3, -0.25) is 9.59 Å². The van der Waals surface area contributed by atoms with Crippen LogP contribution in [0.25, 0.3) is 10.2 Å².